The van der Waals surface area contributed by atoms with Crippen LogP contribution in [0.2, 0.25) is 5.02 Å². The maximum atomic E-state index is 11.9. The van der Waals surface area contributed by atoms with Crippen LogP contribution in [0.1, 0.15) is 18.0 Å². The van der Waals surface area contributed by atoms with Crippen LogP contribution in [-0.2, 0) is 9.53 Å². The van der Waals surface area contributed by atoms with E-state index >= 15 is 0 Å². The van der Waals surface area contributed by atoms with Crippen molar-refractivity contribution in [3.63, 3.8) is 0 Å². The molecule has 1 aromatic carbocycles. The number of nitrogens with zero attached hydrogens (tertiary/aromatic N) is 3. The highest BCUT2D eigenvalue weighted by molar-refractivity contribution is 6.32. The molecule has 0 bridgehead atoms. The number of rotatable bonds is 8. The van der Waals surface area contributed by atoms with Gasteiger partial charge in [-0.2, -0.15) is 0 Å². The summed E-state index contributed by atoms with van der Waals surface area (Å²) in [6.07, 6.45) is 0.613. The van der Waals surface area contributed by atoms with E-state index in [1.165, 1.54) is 14.2 Å². The van der Waals surface area contributed by atoms with Gasteiger partial charge in [-0.05, 0) is 36.2 Å². The van der Waals surface area contributed by atoms with E-state index in [0.29, 0.717) is 35.8 Å². The first-order valence-electron chi connectivity index (χ1n) is 6.29. The molecule has 114 valence electrons. The van der Waals surface area contributed by atoms with Crippen LogP contribution in [0.5, 0.6) is 5.75 Å². The van der Waals surface area contributed by atoms with Crippen molar-refractivity contribution >= 4 is 17.6 Å². The van der Waals surface area contributed by atoms with Gasteiger partial charge in [0.25, 0.3) is 0 Å². The molecule has 0 heterocycles. The minimum atomic E-state index is -0.635. The Morgan fingerprint density at radius 2 is 2.29 bits per heavy atom. The van der Waals surface area contributed by atoms with Gasteiger partial charge in [0.2, 0.25) is 0 Å². The highest BCUT2D eigenvalue weighted by Crippen LogP contribution is 2.28. The lowest BCUT2D eigenvalue weighted by Crippen LogP contribution is -2.30. The van der Waals surface area contributed by atoms with Crippen LogP contribution in [0.15, 0.2) is 23.3 Å². The van der Waals surface area contributed by atoms with Gasteiger partial charge >= 0.3 is 5.97 Å². The fourth-order valence-electron chi connectivity index (χ4n) is 1.76. The molecule has 1 aromatic rings. The highest BCUT2D eigenvalue weighted by atomic mass is 35.5. The molecule has 0 amide bonds. The smallest absolute Gasteiger partial charge is 0.327 e. The van der Waals surface area contributed by atoms with E-state index in [9.17, 15) is 4.79 Å². The SMILES string of the molecule is COC(=O)C(NCCCN=[N+]=[N-])c1ccc(OC)c(Cl)c1. The topological polar surface area (TPSA) is 96.3 Å². The lowest BCUT2D eigenvalue weighted by Gasteiger charge is -2.17. The summed E-state index contributed by atoms with van der Waals surface area (Å²) in [7, 11) is 2.84. The van der Waals surface area contributed by atoms with Gasteiger partial charge in [0.05, 0.1) is 19.2 Å². The van der Waals surface area contributed by atoms with Gasteiger partial charge < -0.3 is 14.8 Å². The Morgan fingerprint density at radius 1 is 1.52 bits per heavy atom. The Bertz CT molecular complexity index is 532. The van der Waals surface area contributed by atoms with Crippen LogP contribution < -0.4 is 10.1 Å². The number of halogens is 1. The van der Waals surface area contributed by atoms with E-state index in [4.69, 9.17) is 26.6 Å². The third kappa shape index (κ3) is 5.15. The van der Waals surface area contributed by atoms with E-state index in [-0.39, 0.29) is 0 Å². The quantitative estimate of drug-likeness (QED) is 0.262. The fraction of sp³-hybridized carbons (Fsp3) is 0.462. The van der Waals surface area contributed by atoms with Gasteiger partial charge in [-0.15, -0.1) is 0 Å². The van der Waals surface area contributed by atoms with Crippen molar-refractivity contribution in [1.29, 1.82) is 0 Å². The predicted molar refractivity (Wildman–Crippen MR) is 79.4 cm³/mol. The lowest BCUT2D eigenvalue weighted by atomic mass is 10.1. The summed E-state index contributed by atoms with van der Waals surface area (Å²) in [5.41, 5.74) is 8.87. The summed E-state index contributed by atoms with van der Waals surface area (Å²) < 4.78 is 9.86. The Labute approximate surface area is 127 Å². The molecule has 0 saturated heterocycles. The van der Waals surface area contributed by atoms with Crippen LogP contribution in [0.25, 0.3) is 10.4 Å². The standard InChI is InChI=1S/C13H17ClN4O3/c1-20-11-5-4-9(8-10(11)14)12(13(19)21-2)16-6-3-7-17-18-15/h4-5,8,12,16H,3,6-7H2,1-2H3. The molecule has 1 rings (SSSR count). The van der Waals surface area contributed by atoms with Crippen LogP contribution in [0, 0.1) is 0 Å². The lowest BCUT2D eigenvalue weighted by molar-refractivity contribution is -0.143. The van der Waals surface area contributed by atoms with E-state index in [2.05, 4.69) is 15.3 Å². The van der Waals surface area contributed by atoms with Gasteiger partial charge in [0.1, 0.15) is 11.8 Å². The summed E-state index contributed by atoms with van der Waals surface area (Å²) >= 11 is 6.06. The van der Waals surface area contributed by atoms with Crippen molar-refractivity contribution in [2.75, 3.05) is 27.3 Å². The number of ether oxygens (including phenoxy) is 2. The fourth-order valence-corrected chi connectivity index (χ4v) is 2.02. The van der Waals surface area contributed by atoms with E-state index in [0.717, 1.165) is 0 Å². The molecular formula is C13H17ClN4O3. The molecule has 0 fully saturated rings. The summed E-state index contributed by atoms with van der Waals surface area (Å²) in [6, 6.07) is 4.45. The summed E-state index contributed by atoms with van der Waals surface area (Å²) in [5.74, 6) is 0.118. The molecule has 1 unspecified atom stereocenters. The normalized spacial score (nSPS) is 11.4. The number of benzene rings is 1. The maximum absolute atomic E-state index is 11.9. The third-order valence-corrected chi connectivity index (χ3v) is 3.09. The molecule has 0 aliphatic rings. The Balaban J connectivity index is 2.79. The minimum absolute atomic E-state index is 0.362. The van der Waals surface area contributed by atoms with Crippen molar-refractivity contribution in [1.82, 2.24) is 5.32 Å². The molecule has 8 heteroatoms. The number of methoxy groups -OCH3 is 2. The average molecular weight is 313 g/mol. The first-order valence-corrected chi connectivity index (χ1v) is 6.67. The molecule has 7 nitrogen and oxygen atoms in total. The Morgan fingerprint density at radius 3 is 2.86 bits per heavy atom. The van der Waals surface area contributed by atoms with Crippen LogP contribution in [0.4, 0.5) is 0 Å². The molecule has 0 aliphatic heterocycles. The van der Waals surface area contributed by atoms with Crippen molar-refractivity contribution in [2.45, 2.75) is 12.5 Å². The van der Waals surface area contributed by atoms with E-state index < -0.39 is 12.0 Å². The summed E-state index contributed by atoms with van der Waals surface area (Å²) in [5, 5.41) is 6.90. The monoisotopic (exact) mass is 312 g/mol. The zero-order valence-corrected chi connectivity index (χ0v) is 12.6. The summed E-state index contributed by atoms with van der Waals surface area (Å²) in [4.78, 5) is 14.5. The third-order valence-electron chi connectivity index (χ3n) is 2.79. The number of esters is 1. The molecule has 0 saturated carbocycles. The van der Waals surface area contributed by atoms with Gasteiger partial charge in [-0.3, -0.25) is 0 Å². The molecule has 21 heavy (non-hydrogen) atoms. The molecule has 1 N–H and O–H groups in total. The first-order chi connectivity index (χ1) is 10.1. The van der Waals surface area contributed by atoms with Gasteiger partial charge in [0.15, 0.2) is 0 Å². The second-order valence-corrected chi connectivity index (χ2v) is 4.52. The molecule has 0 spiro atoms. The van der Waals surface area contributed by atoms with Crippen molar-refractivity contribution in [2.24, 2.45) is 5.11 Å². The molecule has 0 aromatic heterocycles. The van der Waals surface area contributed by atoms with Gasteiger partial charge in [-0.25, -0.2) is 4.79 Å². The number of nitrogens with one attached hydrogen (secondary N) is 1. The second kappa shape index (κ2) is 9.07. The van der Waals surface area contributed by atoms with Gasteiger partial charge in [-0.1, -0.05) is 22.8 Å². The number of azide groups is 1. The molecule has 0 aliphatic carbocycles. The number of hydrogen-bond donors (Lipinski definition) is 1. The van der Waals surface area contributed by atoms with Crippen LogP contribution in [-0.4, -0.2) is 33.3 Å². The Hall–Kier alpha value is -1.95. The summed E-state index contributed by atoms with van der Waals surface area (Å²) in [6.45, 7) is 0.864. The minimum Gasteiger partial charge on any atom is -0.495 e. The Kier molecular flexibility index (Phi) is 7.39. The zero-order valence-electron chi connectivity index (χ0n) is 11.9. The van der Waals surface area contributed by atoms with Crippen LogP contribution >= 0.6 is 11.6 Å². The predicted octanol–water partition coefficient (Wildman–Crippen LogP) is 2.85. The van der Waals surface area contributed by atoms with Crippen molar-refractivity contribution < 1.29 is 14.3 Å². The molecular weight excluding hydrogens is 296 g/mol. The maximum Gasteiger partial charge on any atom is 0.327 e. The van der Waals surface area contributed by atoms with E-state index in [1.807, 2.05) is 0 Å². The number of carbonyl (C=O) groups is 1. The van der Waals surface area contributed by atoms with Crippen LogP contribution in [0.3, 0.4) is 0 Å². The van der Waals surface area contributed by atoms with Gasteiger partial charge in [0, 0.05) is 11.5 Å². The highest BCUT2D eigenvalue weighted by Gasteiger charge is 2.21. The second-order valence-electron chi connectivity index (χ2n) is 4.11. The largest absolute Gasteiger partial charge is 0.495 e. The molecule has 0 radical (unpaired) electrons. The van der Waals surface area contributed by atoms with E-state index in [1.54, 1.807) is 18.2 Å². The number of carbonyl (C=O) groups excluding carboxylic acids is 1. The van der Waals surface area contributed by atoms with Crippen molar-refractivity contribution in [3.05, 3.63) is 39.2 Å². The molecule has 1 atom stereocenters. The first kappa shape index (κ1) is 17.1. The number of hydrogen-bond acceptors (Lipinski definition) is 5. The average Bonchev–Trinajstić information content (AvgIpc) is 2.50. The zero-order chi connectivity index (χ0) is 15.7. The van der Waals surface area contributed by atoms with Crippen molar-refractivity contribution in [3.8, 4) is 5.75 Å².